The molecule has 0 spiro atoms. The summed E-state index contributed by atoms with van der Waals surface area (Å²) >= 11 is 0. The molecule has 2 fully saturated rings. The van der Waals surface area contributed by atoms with Gasteiger partial charge >= 0.3 is 0 Å². The molecule has 0 aliphatic carbocycles. The first-order valence-electron chi connectivity index (χ1n) is 12.1. The standard InChI is InChI=1S/C25H37N5O2/c1-19(24(31)26-10-5-11-29-16-14-28(2)15-17-29)20-8-12-30(13-9-20)25(32)23-18-21-6-3-4-7-22(21)27-23/h3-4,6-7,18-20,27H,5,8-17H2,1-2H3,(H,26,31). The fourth-order valence-electron chi connectivity index (χ4n) is 4.92. The molecule has 7 nitrogen and oxygen atoms in total. The highest BCUT2D eigenvalue weighted by Gasteiger charge is 2.30. The molecule has 0 saturated carbocycles. The molecule has 2 aromatic rings. The molecule has 1 aromatic carbocycles. The van der Waals surface area contributed by atoms with E-state index in [1.54, 1.807) is 0 Å². The van der Waals surface area contributed by atoms with Gasteiger partial charge in [-0.25, -0.2) is 0 Å². The van der Waals surface area contributed by atoms with Crippen molar-refractivity contribution in [1.82, 2.24) is 25.0 Å². The number of H-pyrrole nitrogens is 1. The Kier molecular flexibility index (Phi) is 7.48. The third-order valence-corrected chi connectivity index (χ3v) is 7.25. The molecule has 2 amide bonds. The van der Waals surface area contributed by atoms with E-state index in [0.717, 1.165) is 69.4 Å². The highest BCUT2D eigenvalue weighted by Crippen LogP contribution is 2.26. The number of carbonyl (C=O) groups is 2. The first kappa shape index (κ1) is 22.8. The first-order valence-corrected chi connectivity index (χ1v) is 12.1. The zero-order chi connectivity index (χ0) is 22.5. The number of piperazine rings is 1. The van der Waals surface area contributed by atoms with Gasteiger partial charge in [-0.15, -0.1) is 0 Å². The van der Waals surface area contributed by atoms with Crippen LogP contribution in [-0.4, -0.2) is 90.9 Å². The SMILES string of the molecule is CC(C(=O)NCCCN1CCN(C)CC1)C1CCN(C(=O)c2cc3ccccc3[nH]2)CC1. The average molecular weight is 440 g/mol. The van der Waals surface area contributed by atoms with Crippen molar-refractivity contribution in [2.24, 2.45) is 11.8 Å². The van der Waals surface area contributed by atoms with Crippen molar-refractivity contribution >= 4 is 22.7 Å². The van der Waals surface area contributed by atoms with Gasteiger partial charge in [0.2, 0.25) is 5.91 Å². The van der Waals surface area contributed by atoms with Crippen LogP contribution in [0.4, 0.5) is 0 Å². The van der Waals surface area contributed by atoms with E-state index in [4.69, 9.17) is 0 Å². The van der Waals surface area contributed by atoms with Gasteiger partial charge in [0.1, 0.15) is 5.69 Å². The molecule has 1 aromatic heterocycles. The lowest BCUT2D eigenvalue weighted by atomic mass is 9.84. The third kappa shape index (κ3) is 5.51. The highest BCUT2D eigenvalue weighted by atomic mass is 16.2. The zero-order valence-electron chi connectivity index (χ0n) is 19.5. The van der Waals surface area contributed by atoms with Gasteiger partial charge in [0.25, 0.3) is 5.91 Å². The van der Waals surface area contributed by atoms with E-state index in [2.05, 4.69) is 27.1 Å². The minimum atomic E-state index is -0.0102. The summed E-state index contributed by atoms with van der Waals surface area (Å²) in [5.74, 6) is 0.535. The van der Waals surface area contributed by atoms with Crippen molar-refractivity contribution < 1.29 is 9.59 Å². The summed E-state index contributed by atoms with van der Waals surface area (Å²) in [6, 6.07) is 9.89. The molecule has 4 rings (SSSR count). The summed E-state index contributed by atoms with van der Waals surface area (Å²) in [4.78, 5) is 35.6. The van der Waals surface area contributed by atoms with Gasteiger partial charge in [0.15, 0.2) is 0 Å². The van der Waals surface area contributed by atoms with Gasteiger partial charge in [-0.2, -0.15) is 0 Å². The number of nitrogens with zero attached hydrogens (tertiary/aromatic N) is 3. The molecule has 1 atom stereocenters. The fraction of sp³-hybridized carbons (Fsp3) is 0.600. The van der Waals surface area contributed by atoms with Gasteiger partial charge in [0, 0.05) is 62.6 Å². The second-order valence-electron chi connectivity index (χ2n) is 9.48. The maximum Gasteiger partial charge on any atom is 0.270 e. The average Bonchev–Trinajstić information content (AvgIpc) is 3.26. The van der Waals surface area contributed by atoms with E-state index in [-0.39, 0.29) is 17.7 Å². The minimum Gasteiger partial charge on any atom is -0.356 e. The van der Waals surface area contributed by atoms with Gasteiger partial charge in [-0.3, -0.25) is 9.59 Å². The Hall–Kier alpha value is -2.38. The highest BCUT2D eigenvalue weighted by molar-refractivity contribution is 5.98. The number of benzene rings is 1. The first-order chi connectivity index (χ1) is 15.5. The van der Waals surface area contributed by atoms with E-state index in [1.165, 1.54) is 0 Å². The van der Waals surface area contributed by atoms with E-state index >= 15 is 0 Å². The van der Waals surface area contributed by atoms with Crippen LogP contribution in [0.15, 0.2) is 30.3 Å². The number of likely N-dealkylation sites (tertiary alicyclic amines) is 1. The maximum atomic E-state index is 12.9. The topological polar surface area (TPSA) is 71.7 Å². The Bertz CT molecular complexity index is 877. The number of para-hydroxylation sites is 1. The summed E-state index contributed by atoms with van der Waals surface area (Å²) in [6.45, 7) is 9.75. The number of rotatable bonds is 7. The quantitative estimate of drug-likeness (QED) is 0.650. The van der Waals surface area contributed by atoms with Gasteiger partial charge in [-0.05, 0) is 50.9 Å². The lowest BCUT2D eigenvalue weighted by molar-refractivity contribution is -0.126. The molecular formula is C25H37N5O2. The predicted molar refractivity (Wildman–Crippen MR) is 128 cm³/mol. The Morgan fingerprint density at radius 3 is 2.53 bits per heavy atom. The molecule has 0 radical (unpaired) electrons. The molecule has 0 bridgehead atoms. The van der Waals surface area contributed by atoms with Crippen molar-refractivity contribution in [2.45, 2.75) is 26.2 Å². The number of hydrogen-bond donors (Lipinski definition) is 2. The molecule has 2 N–H and O–H groups in total. The number of hydrogen-bond acceptors (Lipinski definition) is 4. The van der Waals surface area contributed by atoms with Gasteiger partial charge in [-0.1, -0.05) is 25.1 Å². The summed E-state index contributed by atoms with van der Waals surface area (Å²) < 4.78 is 0. The van der Waals surface area contributed by atoms with Crippen LogP contribution in [0.25, 0.3) is 10.9 Å². The molecule has 32 heavy (non-hydrogen) atoms. The van der Waals surface area contributed by atoms with Crippen LogP contribution in [0.5, 0.6) is 0 Å². The Balaban J connectivity index is 1.18. The normalized spacial score (nSPS) is 19.9. The molecule has 2 aliphatic heterocycles. The summed E-state index contributed by atoms with van der Waals surface area (Å²) in [7, 11) is 2.17. The summed E-state index contributed by atoms with van der Waals surface area (Å²) in [5, 5.41) is 4.20. The molecule has 1 unspecified atom stereocenters. The van der Waals surface area contributed by atoms with Crippen LogP contribution in [-0.2, 0) is 4.79 Å². The molecule has 7 heteroatoms. The van der Waals surface area contributed by atoms with Crippen LogP contribution in [0.1, 0.15) is 36.7 Å². The zero-order valence-corrected chi connectivity index (χ0v) is 19.5. The largest absolute Gasteiger partial charge is 0.356 e. The van der Waals surface area contributed by atoms with Crippen LogP contribution in [0.2, 0.25) is 0 Å². The van der Waals surface area contributed by atoms with Gasteiger partial charge < -0.3 is 25.0 Å². The molecular weight excluding hydrogens is 402 g/mol. The van der Waals surface area contributed by atoms with Crippen molar-refractivity contribution in [1.29, 1.82) is 0 Å². The van der Waals surface area contributed by atoms with E-state index in [0.29, 0.717) is 24.7 Å². The van der Waals surface area contributed by atoms with E-state index in [9.17, 15) is 9.59 Å². The van der Waals surface area contributed by atoms with E-state index < -0.39 is 0 Å². The van der Waals surface area contributed by atoms with Crippen LogP contribution < -0.4 is 5.32 Å². The fourth-order valence-corrected chi connectivity index (χ4v) is 4.92. The molecule has 3 heterocycles. The van der Waals surface area contributed by atoms with Crippen molar-refractivity contribution in [2.75, 3.05) is 59.4 Å². The predicted octanol–water partition coefficient (Wildman–Crippen LogP) is 2.41. The number of likely N-dealkylation sites (N-methyl/N-ethyl adjacent to an activating group) is 1. The number of piperidine rings is 1. The second-order valence-corrected chi connectivity index (χ2v) is 9.48. The molecule has 2 saturated heterocycles. The van der Waals surface area contributed by atoms with Crippen LogP contribution in [0.3, 0.4) is 0 Å². The number of carbonyl (C=O) groups excluding carboxylic acids is 2. The third-order valence-electron chi connectivity index (χ3n) is 7.25. The number of aromatic amines is 1. The molecule has 174 valence electrons. The number of nitrogens with one attached hydrogen (secondary N) is 2. The van der Waals surface area contributed by atoms with Crippen LogP contribution in [0, 0.1) is 11.8 Å². The maximum absolute atomic E-state index is 12.9. The monoisotopic (exact) mass is 439 g/mol. The summed E-state index contributed by atoms with van der Waals surface area (Å²) in [5.41, 5.74) is 1.64. The summed E-state index contributed by atoms with van der Waals surface area (Å²) in [6.07, 6.45) is 2.75. The van der Waals surface area contributed by atoms with E-state index in [1.807, 2.05) is 42.2 Å². The smallest absolute Gasteiger partial charge is 0.270 e. The van der Waals surface area contributed by atoms with Crippen molar-refractivity contribution in [3.05, 3.63) is 36.0 Å². The lowest BCUT2D eigenvalue weighted by Crippen LogP contribution is -2.45. The van der Waals surface area contributed by atoms with Crippen molar-refractivity contribution in [3.63, 3.8) is 0 Å². The van der Waals surface area contributed by atoms with Crippen molar-refractivity contribution in [3.8, 4) is 0 Å². The van der Waals surface area contributed by atoms with Crippen LogP contribution >= 0.6 is 0 Å². The lowest BCUT2D eigenvalue weighted by Gasteiger charge is -2.34. The minimum absolute atomic E-state index is 0.0102. The second kappa shape index (κ2) is 10.5. The Labute approximate surface area is 191 Å². The number of fused-ring (bicyclic) bond motifs is 1. The number of aromatic nitrogens is 1. The van der Waals surface area contributed by atoms with Gasteiger partial charge in [0.05, 0.1) is 0 Å². The Morgan fingerprint density at radius 1 is 1.09 bits per heavy atom. The molecule has 2 aliphatic rings. The number of amides is 2. The Morgan fingerprint density at radius 2 is 1.81 bits per heavy atom.